The van der Waals surface area contributed by atoms with Crippen molar-refractivity contribution in [2.75, 3.05) is 13.2 Å². The Labute approximate surface area is 114 Å². The monoisotopic (exact) mass is 270 g/mol. The van der Waals surface area contributed by atoms with Crippen molar-refractivity contribution in [3.05, 3.63) is 29.8 Å². The molecule has 1 rings (SSSR count). The first-order valence-electron chi connectivity index (χ1n) is 5.74. The second kappa shape index (κ2) is 7.04. The number of aliphatic hydroxyl groups is 1. The van der Waals surface area contributed by atoms with Gasteiger partial charge in [-0.3, -0.25) is 0 Å². The van der Waals surface area contributed by atoms with Crippen molar-refractivity contribution in [1.82, 2.24) is 0 Å². The van der Waals surface area contributed by atoms with Crippen molar-refractivity contribution in [2.24, 2.45) is 5.41 Å². The molecule has 0 aliphatic rings. The molecular weight excluding hydrogens is 251 g/mol. The smallest absolute Gasteiger partial charge is 0.512 e. The number of hydrogen-bond donors (Lipinski definition) is 3. The largest absolute Gasteiger partial charge is 0.710 e. The first-order valence-corrected chi connectivity index (χ1v) is 6.37. The van der Waals surface area contributed by atoms with Crippen LogP contribution in [0, 0.1) is 5.41 Å². The van der Waals surface area contributed by atoms with E-state index in [0.717, 1.165) is 5.56 Å². The zero-order chi connectivity index (χ0) is 13.6. The lowest BCUT2D eigenvalue weighted by atomic mass is 9.96. The Hall–Kier alpha value is -0.685. The maximum atomic E-state index is 9.55. The SMILES string of the molecule is CC(C)(CO)COB(O)Oc1ccc(CS)cc1. The normalized spacial score (nSPS) is 11.4. The van der Waals surface area contributed by atoms with Gasteiger partial charge in [-0.15, -0.1) is 0 Å². The number of hydrogen-bond acceptors (Lipinski definition) is 5. The summed E-state index contributed by atoms with van der Waals surface area (Å²) in [6, 6.07) is 7.23. The van der Waals surface area contributed by atoms with Gasteiger partial charge in [-0.1, -0.05) is 26.0 Å². The molecule has 0 saturated carbocycles. The molecule has 0 radical (unpaired) electrons. The van der Waals surface area contributed by atoms with Crippen LogP contribution >= 0.6 is 12.6 Å². The average Bonchev–Trinajstić information content (AvgIpc) is 2.37. The number of rotatable bonds is 7. The van der Waals surface area contributed by atoms with E-state index in [4.69, 9.17) is 14.4 Å². The minimum absolute atomic E-state index is 0.0175. The van der Waals surface area contributed by atoms with Gasteiger partial charge in [0.2, 0.25) is 0 Å². The maximum absolute atomic E-state index is 9.55. The Morgan fingerprint density at radius 1 is 1.28 bits per heavy atom. The van der Waals surface area contributed by atoms with Gasteiger partial charge in [0.05, 0.1) is 6.61 Å². The zero-order valence-electron chi connectivity index (χ0n) is 10.7. The lowest BCUT2D eigenvalue weighted by molar-refractivity contribution is 0.0711. The molecule has 4 nitrogen and oxygen atoms in total. The molecule has 0 heterocycles. The van der Waals surface area contributed by atoms with Crippen molar-refractivity contribution in [1.29, 1.82) is 0 Å². The molecule has 0 unspecified atom stereocenters. The Morgan fingerprint density at radius 2 is 1.89 bits per heavy atom. The molecule has 0 fully saturated rings. The van der Waals surface area contributed by atoms with Gasteiger partial charge in [-0.05, 0) is 17.7 Å². The van der Waals surface area contributed by atoms with Crippen LogP contribution in [0.5, 0.6) is 5.75 Å². The van der Waals surface area contributed by atoms with Crippen LogP contribution in [0.1, 0.15) is 19.4 Å². The van der Waals surface area contributed by atoms with Gasteiger partial charge in [0.25, 0.3) is 0 Å². The fraction of sp³-hybridized carbons (Fsp3) is 0.500. The highest BCUT2D eigenvalue weighted by Crippen LogP contribution is 2.16. The van der Waals surface area contributed by atoms with E-state index in [2.05, 4.69) is 12.6 Å². The maximum Gasteiger partial charge on any atom is 0.710 e. The Morgan fingerprint density at radius 3 is 2.39 bits per heavy atom. The Balaban J connectivity index is 2.41. The third-order valence-electron chi connectivity index (χ3n) is 2.39. The number of aliphatic hydroxyl groups excluding tert-OH is 1. The van der Waals surface area contributed by atoms with E-state index in [-0.39, 0.29) is 13.2 Å². The van der Waals surface area contributed by atoms with Crippen molar-refractivity contribution in [2.45, 2.75) is 19.6 Å². The van der Waals surface area contributed by atoms with Gasteiger partial charge in [-0.25, -0.2) is 0 Å². The fourth-order valence-corrected chi connectivity index (χ4v) is 1.38. The predicted molar refractivity (Wildman–Crippen MR) is 74.6 cm³/mol. The van der Waals surface area contributed by atoms with E-state index in [0.29, 0.717) is 11.5 Å². The molecule has 0 aliphatic heterocycles. The lowest BCUT2D eigenvalue weighted by Gasteiger charge is -2.22. The van der Waals surface area contributed by atoms with E-state index in [1.165, 1.54) is 0 Å². The van der Waals surface area contributed by atoms with Crippen LogP contribution in [-0.4, -0.2) is 30.7 Å². The summed E-state index contributed by atoms with van der Waals surface area (Å²) in [5.74, 6) is 1.18. The highest BCUT2D eigenvalue weighted by Gasteiger charge is 2.24. The molecular formula is C12H19BO4S. The van der Waals surface area contributed by atoms with Crippen LogP contribution in [0.3, 0.4) is 0 Å². The Bertz CT molecular complexity index is 356. The molecule has 0 amide bonds. The second-order valence-electron chi connectivity index (χ2n) is 4.86. The van der Waals surface area contributed by atoms with Crippen LogP contribution in [-0.2, 0) is 10.4 Å². The van der Waals surface area contributed by atoms with Gasteiger partial charge < -0.3 is 19.4 Å². The molecule has 2 N–H and O–H groups in total. The van der Waals surface area contributed by atoms with Crippen LogP contribution in [0.15, 0.2) is 24.3 Å². The highest BCUT2D eigenvalue weighted by molar-refractivity contribution is 7.79. The summed E-state index contributed by atoms with van der Waals surface area (Å²) in [7, 11) is -1.34. The van der Waals surface area contributed by atoms with E-state index in [9.17, 15) is 5.02 Å². The Kier molecular flexibility index (Phi) is 6.01. The quantitative estimate of drug-likeness (QED) is 0.519. The van der Waals surface area contributed by atoms with Gasteiger partial charge in [-0.2, -0.15) is 12.6 Å². The van der Waals surface area contributed by atoms with Crippen molar-refractivity contribution < 1.29 is 19.4 Å². The van der Waals surface area contributed by atoms with E-state index in [1.54, 1.807) is 12.1 Å². The third kappa shape index (κ3) is 5.31. The van der Waals surface area contributed by atoms with E-state index >= 15 is 0 Å². The summed E-state index contributed by atoms with van der Waals surface area (Å²) >= 11 is 4.15. The summed E-state index contributed by atoms with van der Waals surface area (Å²) in [5, 5.41) is 18.6. The van der Waals surface area contributed by atoms with Crippen LogP contribution in [0.4, 0.5) is 0 Å². The minimum Gasteiger partial charge on any atom is -0.512 e. The van der Waals surface area contributed by atoms with Crippen molar-refractivity contribution in [3.8, 4) is 5.75 Å². The van der Waals surface area contributed by atoms with Gasteiger partial charge >= 0.3 is 7.32 Å². The lowest BCUT2D eigenvalue weighted by Crippen LogP contribution is -2.33. The molecule has 18 heavy (non-hydrogen) atoms. The molecule has 0 atom stereocenters. The summed E-state index contributed by atoms with van der Waals surface area (Å²) in [4.78, 5) is 0. The summed E-state index contributed by atoms with van der Waals surface area (Å²) in [6.45, 7) is 3.86. The number of benzene rings is 1. The molecule has 0 aromatic heterocycles. The summed E-state index contributed by atoms with van der Waals surface area (Å²) in [5.41, 5.74) is 0.669. The first kappa shape index (κ1) is 15.4. The van der Waals surface area contributed by atoms with Crippen LogP contribution in [0.2, 0.25) is 0 Å². The van der Waals surface area contributed by atoms with Gasteiger partial charge in [0.1, 0.15) is 5.75 Å². The van der Waals surface area contributed by atoms with E-state index < -0.39 is 12.7 Å². The molecule has 100 valence electrons. The van der Waals surface area contributed by atoms with Gasteiger partial charge in [0, 0.05) is 17.8 Å². The summed E-state index contributed by atoms with van der Waals surface area (Å²) < 4.78 is 10.3. The predicted octanol–water partition coefficient (Wildman–Crippen LogP) is 1.51. The standard InChI is InChI=1S/C12H19BO4S/c1-12(2,8-14)9-16-13(15)17-11-5-3-10(7-18)4-6-11/h3-6,14-15,18H,7-9H2,1-2H3. The van der Waals surface area contributed by atoms with Crippen molar-refractivity contribution in [3.63, 3.8) is 0 Å². The van der Waals surface area contributed by atoms with Crippen molar-refractivity contribution >= 4 is 20.0 Å². The fourth-order valence-electron chi connectivity index (χ4n) is 1.17. The molecule has 1 aromatic carbocycles. The number of thiol groups is 1. The average molecular weight is 270 g/mol. The highest BCUT2D eigenvalue weighted by atomic mass is 32.1. The van der Waals surface area contributed by atoms with Crippen LogP contribution in [0.25, 0.3) is 0 Å². The molecule has 1 aromatic rings. The molecule has 6 heteroatoms. The minimum atomic E-state index is -1.34. The molecule has 0 aliphatic carbocycles. The second-order valence-corrected chi connectivity index (χ2v) is 5.18. The van der Waals surface area contributed by atoms with Crippen LogP contribution < -0.4 is 4.65 Å². The topological polar surface area (TPSA) is 58.9 Å². The summed E-state index contributed by atoms with van der Waals surface area (Å²) in [6.07, 6.45) is 0. The zero-order valence-corrected chi connectivity index (χ0v) is 11.6. The van der Waals surface area contributed by atoms with E-state index in [1.807, 2.05) is 26.0 Å². The molecule has 0 saturated heterocycles. The molecule has 0 bridgehead atoms. The molecule has 0 spiro atoms. The third-order valence-corrected chi connectivity index (χ3v) is 2.75. The first-order chi connectivity index (χ1) is 8.46. The van der Waals surface area contributed by atoms with Gasteiger partial charge in [0.15, 0.2) is 0 Å².